The van der Waals surface area contributed by atoms with Crippen molar-refractivity contribution in [2.75, 3.05) is 6.54 Å². The molecule has 2 heterocycles. The lowest BCUT2D eigenvalue weighted by molar-refractivity contribution is -0.122. The Morgan fingerprint density at radius 2 is 2.26 bits per heavy atom. The van der Waals surface area contributed by atoms with Gasteiger partial charge < -0.3 is 15.1 Å². The Kier molecular flexibility index (Phi) is 5.21. The molecule has 1 fully saturated rings. The summed E-state index contributed by atoms with van der Waals surface area (Å²) < 4.78 is 29.5. The van der Waals surface area contributed by atoms with Crippen molar-refractivity contribution in [2.45, 2.75) is 36.9 Å². The molecule has 0 aromatic carbocycles. The number of nitrogens with one attached hydrogen (secondary N) is 2. The molecular weight excluding hydrogens is 274 g/mol. The second kappa shape index (κ2) is 6.91. The van der Waals surface area contributed by atoms with Crippen LogP contribution in [-0.2, 0) is 17.1 Å². The first kappa shape index (κ1) is 14.3. The first-order valence-electron chi connectivity index (χ1n) is 6.11. The van der Waals surface area contributed by atoms with Crippen LogP contribution in [0.2, 0.25) is 0 Å². The van der Waals surface area contributed by atoms with Gasteiger partial charge in [0.05, 0.1) is 12.3 Å². The fraction of sp³-hybridized carbons (Fsp3) is 0.583. The van der Waals surface area contributed by atoms with Crippen molar-refractivity contribution < 1.29 is 18.0 Å². The van der Waals surface area contributed by atoms with E-state index in [9.17, 15) is 13.6 Å². The molecule has 106 valence electrons. The Balaban J connectivity index is 1.72. The van der Waals surface area contributed by atoms with E-state index in [-0.39, 0.29) is 17.7 Å². The van der Waals surface area contributed by atoms with Crippen molar-refractivity contribution >= 4 is 17.7 Å². The number of alkyl halides is 2. The van der Waals surface area contributed by atoms with Gasteiger partial charge in [-0.15, -0.1) is 0 Å². The van der Waals surface area contributed by atoms with Crippen LogP contribution >= 0.6 is 11.8 Å². The molecule has 7 heteroatoms. The maximum absolute atomic E-state index is 12.0. The molecule has 1 aromatic rings. The van der Waals surface area contributed by atoms with Gasteiger partial charge >= 0.3 is 0 Å². The number of amides is 1. The third-order valence-corrected chi connectivity index (χ3v) is 3.60. The maximum atomic E-state index is 12.0. The Labute approximate surface area is 114 Å². The van der Waals surface area contributed by atoms with Crippen LogP contribution in [0.3, 0.4) is 0 Å². The number of carbonyl (C=O) groups is 1. The average molecular weight is 290 g/mol. The van der Waals surface area contributed by atoms with Gasteiger partial charge in [0.15, 0.2) is 0 Å². The average Bonchev–Trinajstić information content (AvgIpc) is 2.84. The molecule has 4 nitrogen and oxygen atoms in total. The van der Waals surface area contributed by atoms with Gasteiger partial charge in [-0.2, -0.15) is 8.78 Å². The third kappa shape index (κ3) is 4.83. The largest absolute Gasteiger partial charge is 0.464 e. The Morgan fingerprint density at radius 1 is 1.47 bits per heavy atom. The van der Waals surface area contributed by atoms with Crippen LogP contribution in [0.5, 0.6) is 0 Å². The molecule has 0 bridgehead atoms. The summed E-state index contributed by atoms with van der Waals surface area (Å²) >= 11 is 0.549. The number of halogens is 2. The van der Waals surface area contributed by atoms with Crippen molar-refractivity contribution in [2.24, 2.45) is 0 Å². The summed E-state index contributed by atoms with van der Waals surface area (Å²) in [4.78, 5) is 11.0. The first-order chi connectivity index (χ1) is 9.13. The van der Waals surface area contributed by atoms with E-state index in [0.717, 1.165) is 12.2 Å². The van der Waals surface area contributed by atoms with Crippen LogP contribution in [-0.4, -0.2) is 24.3 Å². The van der Waals surface area contributed by atoms with Gasteiger partial charge in [0, 0.05) is 19.0 Å². The summed E-state index contributed by atoms with van der Waals surface area (Å²) in [5.74, 6) is -0.836. The van der Waals surface area contributed by atoms with Crippen molar-refractivity contribution in [1.82, 2.24) is 10.6 Å². The van der Waals surface area contributed by atoms with Gasteiger partial charge in [-0.3, -0.25) is 4.79 Å². The van der Waals surface area contributed by atoms with E-state index in [2.05, 4.69) is 10.6 Å². The number of piperidine rings is 1. The van der Waals surface area contributed by atoms with Gasteiger partial charge in [-0.05, 0) is 18.6 Å². The number of carbonyl (C=O) groups excluding carboxylic acids is 1. The minimum atomic E-state index is -2.38. The standard InChI is InChI=1S/C12H16F2N2O2S/c13-12(14)19-7-10-3-2-9(18-10)6-15-8-1-4-11(17)16-5-8/h2-3,8,12,15H,1,4-7H2,(H,16,17). The van der Waals surface area contributed by atoms with Gasteiger partial charge in [0.2, 0.25) is 5.91 Å². The molecule has 2 N–H and O–H groups in total. The Hall–Kier alpha value is -1.08. The molecule has 1 atom stereocenters. The minimum absolute atomic E-state index is 0.0855. The smallest absolute Gasteiger partial charge is 0.284 e. The number of hydrogen-bond acceptors (Lipinski definition) is 4. The maximum Gasteiger partial charge on any atom is 0.284 e. The normalized spacial score (nSPS) is 19.7. The van der Waals surface area contributed by atoms with Crippen LogP contribution in [0, 0.1) is 0 Å². The van der Waals surface area contributed by atoms with E-state index in [0.29, 0.717) is 37.0 Å². The quantitative estimate of drug-likeness (QED) is 0.842. The highest BCUT2D eigenvalue weighted by Gasteiger charge is 2.17. The van der Waals surface area contributed by atoms with Gasteiger partial charge in [0.25, 0.3) is 5.76 Å². The summed E-state index contributed by atoms with van der Waals surface area (Å²) in [6, 6.07) is 3.74. The summed E-state index contributed by atoms with van der Waals surface area (Å²) in [6.07, 6.45) is 1.34. The van der Waals surface area contributed by atoms with E-state index in [4.69, 9.17) is 4.42 Å². The first-order valence-corrected chi connectivity index (χ1v) is 7.16. The number of rotatable bonds is 6. The predicted octanol–water partition coefficient (Wildman–Crippen LogP) is 2.10. The monoisotopic (exact) mass is 290 g/mol. The Bertz CT molecular complexity index is 416. The SMILES string of the molecule is O=C1CCC(NCc2ccc(CSC(F)F)o2)CN1. The number of hydrogen-bond donors (Lipinski definition) is 2. The lowest BCUT2D eigenvalue weighted by Crippen LogP contribution is -2.45. The second-order valence-electron chi connectivity index (χ2n) is 4.36. The van der Waals surface area contributed by atoms with E-state index >= 15 is 0 Å². The number of furan rings is 1. The van der Waals surface area contributed by atoms with E-state index in [1.807, 2.05) is 0 Å². The van der Waals surface area contributed by atoms with Gasteiger partial charge in [0.1, 0.15) is 11.5 Å². The summed E-state index contributed by atoms with van der Waals surface area (Å²) in [5.41, 5.74) is 0. The molecule has 1 aliphatic heterocycles. The molecule has 19 heavy (non-hydrogen) atoms. The van der Waals surface area contributed by atoms with Crippen LogP contribution in [0.4, 0.5) is 8.78 Å². The zero-order chi connectivity index (χ0) is 13.7. The van der Waals surface area contributed by atoms with Crippen molar-refractivity contribution in [3.05, 3.63) is 23.7 Å². The zero-order valence-electron chi connectivity index (χ0n) is 10.3. The molecule has 1 saturated heterocycles. The van der Waals surface area contributed by atoms with Crippen molar-refractivity contribution in [1.29, 1.82) is 0 Å². The molecule has 0 aliphatic carbocycles. The predicted molar refractivity (Wildman–Crippen MR) is 68.9 cm³/mol. The van der Waals surface area contributed by atoms with Crippen LogP contribution in [0.15, 0.2) is 16.5 Å². The highest BCUT2D eigenvalue weighted by atomic mass is 32.2. The fourth-order valence-electron chi connectivity index (χ4n) is 1.89. The van der Waals surface area contributed by atoms with Crippen molar-refractivity contribution in [3.8, 4) is 0 Å². The van der Waals surface area contributed by atoms with Crippen LogP contribution < -0.4 is 10.6 Å². The molecule has 0 spiro atoms. The summed E-state index contributed by atoms with van der Waals surface area (Å²) in [6.45, 7) is 1.16. The molecule has 1 aliphatic rings. The number of thioether (sulfide) groups is 1. The molecule has 0 radical (unpaired) electrons. The fourth-order valence-corrected chi connectivity index (χ4v) is 2.34. The topological polar surface area (TPSA) is 54.3 Å². The van der Waals surface area contributed by atoms with Crippen LogP contribution in [0.25, 0.3) is 0 Å². The highest BCUT2D eigenvalue weighted by Crippen LogP contribution is 2.21. The molecule has 0 saturated carbocycles. The van der Waals surface area contributed by atoms with Gasteiger partial charge in [-0.1, -0.05) is 11.8 Å². The highest BCUT2D eigenvalue weighted by molar-refractivity contribution is 7.98. The Morgan fingerprint density at radius 3 is 2.95 bits per heavy atom. The summed E-state index contributed by atoms with van der Waals surface area (Å²) in [7, 11) is 0. The molecule has 2 rings (SSSR count). The molecule has 1 aromatic heterocycles. The molecule has 1 amide bonds. The van der Waals surface area contributed by atoms with E-state index < -0.39 is 5.76 Å². The summed E-state index contributed by atoms with van der Waals surface area (Å²) in [5, 5.41) is 6.06. The lowest BCUT2D eigenvalue weighted by Gasteiger charge is -2.23. The van der Waals surface area contributed by atoms with Gasteiger partial charge in [-0.25, -0.2) is 0 Å². The third-order valence-electron chi connectivity index (χ3n) is 2.90. The van der Waals surface area contributed by atoms with E-state index in [1.165, 1.54) is 0 Å². The van der Waals surface area contributed by atoms with Crippen molar-refractivity contribution in [3.63, 3.8) is 0 Å². The minimum Gasteiger partial charge on any atom is -0.464 e. The molecular formula is C12H16F2N2O2S. The van der Waals surface area contributed by atoms with Crippen LogP contribution in [0.1, 0.15) is 24.4 Å². The second-order valence-corrected chi connectivity index (χ2v) is 5.34. The van der Waals surface area contributed by atoms with E-state index in [1.54, 1.807) is 12.1 Å². The molecule has 1 unspecified atom stereocenters. The lowest BCUT2D eigenvalue weighted by atomic mass is 10.1. The zero-order valence-corrected chi connectivity index (χ0v) is 11.1.